The third kappa shape index (κ3) is 5.32. The van der Waals surface area contributed by atoms with Crippen LogP contribution in [0, 0.1) is 0 Å². The molecule has 10 atom stereocenters. The molecule has 7 N–H and O–H groups in total. The minimum absolute atomic E-state index is 0.00370. The second-order valence-corrected chi connectivity index (χ2v) is 13.0. The van der Waals surface area contributed by atoms with E-state index in [2.05, 4.69) is 24.9 Å². The number of hydrogen-bond donors (Lipinski definition) is 6. The Kier molecular flexibility index (Phi) is 7.30. The minimum Gasteiger partial charge on any atom is -0.386 e. The fourth-order valence-corrected chi connectivity index (χ4v) is 7.25. The van der Waals surface area contributed by atoms with Crippen molar-refractivity contribution in [1.29, 1.82) is 0 Å². The van der Waals surface area contributed by atoms with Crippen LogP contribution in [0.2, 0.25) is 0 Å². The molecule has 0 aromatic carbocycles. The molecule has 3 saturated heterocycles. The molecule has 7 rings (SSSR count). The van der Waals surface area contributed by atoms with E-state index < -0.39 is 89.0 Å². The topological polar surface area (TPSA) is 290 Å². The number of anilines is 1. The number of pyridine rings is 1. The van der Waals surface area contributed by atoms with Crippen LogP contribution in [-0.2, 0) is 36.7 Å². The summed E-state index contributed by atoms with van der Waals surface area (Å²) in [6.07, 6.45) is -10.4. The third-order valence-corrected chi connectivity index (χ3v) is 9.34. The quantitative estimate of drug-likeness (QED) is 0.138. The molecule has 0 saturated carbocycles. The number of nitrogens with zero attached hydrogens (tertiary/aromatic N) is 5. The van der Waals surface area contributed by atoms with E-state index in [0.717, 1.165) is 17.2 Å². The Morgan fingerprint density at radius 3 is 2.36 bits per heavy atom. The van der Waals surface area contributed by atoms with Gasteiger partial charge in [0, 0.05) is 12.3 Å². The molecule has 0 radical (unpaired) electrons. The molecule has 4 aromatic rings. The van der Waals surface area contributed by atoms with Crippen molar-refractivity contribution < 1.29 is 56.0 Å². The smallest absolute Gasteiger partial charge is 0.386 e. The highest BCUT2D eigenvalue weighted by atomic mass is 31.2. The number of alkyl halides is 1. The Balaban J connectivity index is 1.21. The number of aliphatic hydroxyl groups is 1. The summed E-state index contributed by atoms with van der Waals surface area (Å²) < 4.78 is 76.0. The van der Waals surface area contributed by atoms with E-state index in [1.165, 1.54) is 16.8 Å². The molecule has 3 aliphatic rings. The van der Waals surface area contributed by atoms with Crippen LogP contribution in [0.3, 0.4) is 0 Å². The highest BCUT2D eigenvalue weighted by Crippen LogP contribution is 2.54. The molecule has 3 fully saturated rings. The first-order chi connectivity index (χ1) is 21.3. The summed E-state index contributed by atoms with van der Waals surface area (Å²) in [5, 5.41) is 11.1. The zero-order valence-corrected chi connectivity index (χ0v) is 24.1. The van der Waals surface area contributed by atoms with Gasteiger partial charge < -0.3 is 35.1 Å². The maximum absolute atomic E-state index is 15.7. The van der Waals surface area contributed by atoms with Crippen molar-refractivity contribution >= 4 is 43.9 Å². The summed E-state index contributed by atoms with van der Waals surface area (Å²) in [6, 6.07) is 1.22. The number of aromatic nitrogens is 7. The monoisotopic (exact) mass is 676 g/mol. The van der Waals surface area contributed by atoms with Crippen molar-refractivity contribution in [2.45, 2.75) is 49.1 Å². The van der Waals surface area contributed by atoms with Crippen LogP contribution < -0.4 is 16.7 Å². The molecule has 0 spiro atoms. The lowest BCUT2D eigenvalue weighted by Gasteiger charge is -2.25. The standard InChI is InChI=1S/C21H23FN8O13P2/c22-10-8-3-38-44(34,35)42-14-9(41-19(13(14)32)29-5-25-11-7(31)1-2-24-16(11)29)4-39-45(36,37)43-15(10)20(40-8)30-6-26-12-17(30)27-21(23)28-18(12)33/h1-2,5-6,8-10,13-15,19-20,32H,3-4H2,(H,24,31)(H,34,35)(H,36,37)(H3,23,27,28,33)/t8-,9-,10-,13-,14-,15-,19-,20-/m1/s1. The molecule has 24 heteroatoms. The number of phosphoric ester groups is 2. The number of imidazole rings is 2. The molecular weight excluding hydrogens is 653 g/mol. The SMILES string of the molecule is Nc1nc2c(ncn2[C@@H]2O[C@@H]3COP(=O)(O)O[C@H]4[C@@H](O)[C@H](n5cnc6c(=O)cc[nH]c65)O[C@@H]4COP(=O)(O)O[C@@H]2[C@@H]3F)c(=O)[nH]1. The number of aliphatic hydroxyl groups excluding tert-OH is 1. The Morgan fingerprint density at radius 2 is 1.60 bits per heavy atom. The van der Waals surface area contributed by atoms with Crippen LogP contribution in [0.25, 0.3) is 22.3 Å². The van der Waals surface area contributed by atoms with E-state index in [4.69, 9.17) is 33.3 Å². The van der Waals surface area contributed by atoms with Crippen molar-refractivity contribution in [2.24, 2.45) is 0 Å². The Labute approximate surface area is 247 Å². The number of fused-ring (bicyclic) bond motifs is 5. The predicted molar refractivity (Wildman–Crippen MR) is 143 cm³/mol. The largest absolute Gasteiger partial charge is 0.472 e. The Bertz CT molecular complexity index is 2000. The minimum atomic E-state index is -5.20. The van der Waals surface area contributed by atoms with Crippen molar-refractivity contribution in [3.63, 3.8) is 0 Å². The van der Waals surface area contributed by atoms with E-state index in [9.17, 15) is 33.6 Å². The van der Waals surface area contributed by atoms with Crippen molar-refractivity contribution in [2.75, 3.05) is 18.9 Å². The number of H-pyrrole nitrogens is 2. The summed E-state index contributed by atoms with van der Waals surface area (Å²) in [5.74, 6) is -0.320. The lowest BCUT2D eigenvalue weighted by atomic mass is 10.1. The molecular formula is C21H23FN8O13P2. The molecule has 21 nitrogen and oxygen atoms in total. The maximum atomic E-state index is 15.7. The highest BCUT2D eigenvalue weighted by Gasteiger charge is 2.54. The number of nitrogens with one attached hydrogen (secondary N) is 2. The number of hydrogen-bond acceptors (Lipinski definition) is 15. The number of halogens is 1. The number of aromatic amines is 2. The van der Waals surface area contributed by atoms with Gasteiger partial charge in [0.2, 0.25) is 11.4 Å². The summed E-state index contributed by atoms with van der Waals surface area (Å²) in [4.78, 5) is 62.4. The van der Waals surface area contributed by atoms with Gasteiger partial charge in [0.05, 0.1) is 25.9 Å². The van der Waals surface area contributed by atoms with Gasteiger partial charge in [-0.15, -0.1) is 0 Å². The van der Waals surface area contributed by atoms with Crippen molar-refractivity contribution in [3.8, 4) is 0 Å². The van der Waals surface area contributed by atoms with E-state index in [1.54, 1.807) is 0 Å². The van der Waals surface area contributed by atoms with Crippen LogP contribution in [-0.4, -0.2) is 98.9 Å². The number of nitrogen functional groups attached to an aromatic ring is 1. The third-order valence-electron chi connectivity index (χ3n) is 7.37. The fourth-order valence-electron chi connectivity index (χ4n) is 5.36. The van der Waals surface area contributed by atoms with Gasteiger partial charge in [-0.1, -0.05) is 0 Å². The molecule has 45 heavy (non-hydrogen) atoms. The second-order valence-electron chi connectivity index (χ2n) is 10.2. The van der Waals surface area contributed by atoms with Gasteiger partial charge in [-0.25, -0.2) is 23.5 Å². The molecule has 2 bridgehead atoms. The van der Waals surface area contributed by atoms with Crippen LogP contribution in [0.1, 0.15) is 12.5 Å². The zero-order valence-electron chi connectivity index (χ0n) is 22.4. The van der Waals surface area contributed by atoms with E-state index in [1.807, 2.05) is 0 Å². The Hall–Kier alpha value is -3.40. The van der Waals surface area contributed by atoms with Gasteiger partial charge in [-0.05, 0) is 0 Å². The summed E-state index contributed by atoms with van der Waals surface area (Å²) in [7, 11) is -10.3. The van der Waals surface area contributed by atoms with Crippen LogP contribution in [0.15, 0.2) is 34.5 Å². The maximum Gasteiger partial charge on any atom is 0.472 e. The number of phosphoric acid groups is 2. The molecule has 242 valence electrons. The van der Waals surface area contributed by atoms with Gasteiger partial charge in [0.1, 0.15) is 36.2 Å². The molecule has 2 unspecified atom stereocenters. The summed E-state index contributed by atoms with van der Waals surface area (Å²) >= 11 is 0. The molecule has 0 amide bonds. The molecule has 4 aromatic heterocycles. The average Bonchev–Trinajstić information content (AvgIpc) is 3.72. The number of rotatable bonds is 2. The summed E-state index contributed by atoms with van der Waals surface area (Å²) in [6.45, 7) is -1.84. The first-order valence-electron chi connectivity index (χ1n) is 13.0. The van der Waals surface area contributed by atoms with Gasteiger partial charge >= 0.3 is 15.6 Å². The van der Waals surface area contributed by atoms with Crippen LogP contribution >= 0.6 is 15.6 Å². The highest BCUT2D eigenvalue weighted by molar-refractivity contribution is 7.47. The van der Waals surface area contributed by atoms with Gasteiger partial charge in [0.25, 0.3) is 5.56 Å². The first kappa shape index (κ1) is 30.3. The van der Waals surface area contributed by atoms with E-state index >= 15 is 4.39 Å². The molecule has 3 aliphatic heterocycles. The number of nitrogens with two attached hydrogens (primary N) is 1. The van der Waals surface area contributed by atoms with Crippen molar-refractivity contribution in [1.82, 2.24) is 34.1 Å². The zero-order chi connectivity index (χ0) is 31.8. The van der Waals surface area contributed by atoms with Crippen LogP contribution in [0.4, 0.5) is 10.3 Å². The normalized spacial score (nSPS) is 37.7. The van der Waals surface area contributed by atoms with Gasteiger partial charge in [-0.3, -0.25) is 41.8 Å². The predicted octanol–water partition coefficient (Wildman–Crippen LogP) is -1.05. The van der Waals surface area contributed by atoms with Gasteiger partial charge in [0.15, 0.2) is 35.3 Å². The van der Waals surface area contributed by atoms with Crippen LogP contribution in [0.5, 0.6) is 0 Å². The second kappa shape index (κ2) is 10.9. The van der Waals surface area contributed by atoms with E-state index in [-0.39, 0.29) is 28.3 Å². The summed E-state index contributed by atoms with van der Waals surface area (Å²) in [5.41, 5.74) is 4.15. The van der Waals surface area contributed by atoms with Crippen molar-refractivity contribution in [3.05, 3.63) is 45.5 Å². The first-order valence-corrected chi connectivity index (χ1v) is 16.0. The van der Waals surface area contributed by atoms with Gasteiger partial charge in [-0.2, -0.15) is 4.98 Å². The molecule has 7 heterocycles. The lowest BCUT2D eigenvalue weighted by molar-refractivity contribution is -0.0671. The van der Waals surface area contributed by atoms with E-state index in [0.29, 0.717) is 0 Å². The average molecular weight is 676 g/mol. The number of ether oxygens (including phenoxy) is 2. The molecule has 0 aliphatic carbocycles. The lowest BCUT2D eigenvalue weighted by Crippen LogP contribution is -2.36. The fraction of sp³-hybridized carbons (Fsp3) is 0.476. The Morgan fingerprint density at radius 1 is 0.956 bits per heavy atom.